The van der Waals surface area contributed by atoms with E-state index in [1.807, 2.05) is 4.90 Å². The molecule has 8 nitrogen and oxygen atoms in total. The molecule has 3 fully saturated rings. The molecule has 2 bridgehead atoms. The van der Waals surface area contributed by atoms with Gasteiger partial charge in [0.2, 0.25) is 0 Å². The van der Waals surface area contributed by atoms with Crippen LogP contribution in [0.4, 0.5) is 14.9 Å². The normalized spacial score (nSPS) is 23.8. The molecule has 4 heterocycles. The number of ether oxygens (including phenoxy) is 1. The number of carbonyl (C=O) groups is 2. The second kappa shape index (κ2) is 9.48. The molecule has 202 valence electrons. The van der Waals surface area contributed by atoms with E-state index in [-0.39, 0.29) is 35.6 Å². The molecular weight excluding hydrogens is 501 g/mol. The van der Waals surface area contributed by atoms with Gasteiger partial charge < -0.3 is 19.3 Å². The van der Waals surface area contributed by atoms with Gasteiger partial charge >= 0.3 is 12.0 Å². The lowest BCUT2D eigenvalue weighted by atomic mass is 9.99. The lowest BCUT2D eigenvalue weighted by Gasteiger charge is -2.40. The predicted octanol–water partition coefficient (Wildman–Crippen LogP) is 5.75. The van der Waals surface area contributed by atoms with Crippen molar-refractivity contribution in [1.29, 1.82) is 0 Å². The number of piperidine rings is 1. The Hall–Kier alpha value is -3.72. The van der Waals surface area contributed by atoms with Gasteiger partial charge in [-0.15, -0.1) is 0 Å². The fourth-order valence-electron chi connectivity index (χ4n) is 6.64. The van der Waals surface area contributed by atoms with Crippen molar-refractivity contribution in [2.24, 2.45) is 0 Å². The zero-order chi connectivity index (χ0) is 26.7. The minimum atomic E-state index is -0.959. The lowest BCUT2D eigenvalue weighted by molar-refractivity contribution is -0.0164. The van der Waals surface area contributed by atoms with E-state index in [9.17, 15) is 19.1 Å². The number of carboxylic acid groups (broad SMARTS) is 1. The molecule has 7 rings (SSSR count). The summed E-state index contributed by atoms with van der Waals surface area (Å²) in [5.41, 5.74) is 3.74. The molecule has 3 aliphatic heterocycles. The molecule has 3 atom stereocenters. The van der Waals surface area contributed by atoms with E-state index in [4.69, 9.17) is 9.26 Å². The van der Waals surface area contributed by atoms with E-state index in [0.29, 0.717) is 36.7 Å². The van der Waals surface area contributed by atoms with E-state index in [0.717, 1.165) is 61.1 Å². The minimum absolute atomic E-state index is 0.000307. The van der Waals surface area contributed by atoms with Crippen LogP contribution in [0, 0.1) is 5.82 Å². The van der Waals surface area contributed by atoms with E-state index >= 15 is 0 Å². The molecule has 1 saturated carbocycles. The monoisotopic (exact) mass is 531 g/mol. The number of amides is 2. The van der Waals surface area contributed by atoms with Gasteiger partial charge in [-0.2, -0.15) is 0 Å². The second-order valence-corrected chi connectivity index (χ2v) is 11.2. The number of fused-ring (bicyclic) bond motifs is 3. The Bertz CT molecular complexity index is 1440. The molecule has 0 spiro atoms. The maximum atomic E-state index is 14.6. The number of nitrogens with zero attached hydrogens (tertiary/aromatic N) is 3. The smallest absolute Gasteiger partial charge is 0.335 e. The summed E-state index contributed by atoms with van der Waals surface area (Å²) in [4.78, 5) is 28.9. The molecule has 2 saturated heterocycles. The summed E-state index contributed by atoms with van der Waals surface area (Å²) in [5, 5.41) is 13.5. The van der Waals surface area contributed by atoms with Gasteiger partial charge in [0.05, 0.1) is 18.3 Å². The Morgan fingerprint density at radius 1 is 1.08 bits per heavy atom. The molecule has 1 aliphatic carbocycles. The summed E-state index contributed by atoms with van der Waals surface area (Å²) >= 11 is 0. The van der Waals surface area contributed by atoms with Crippen LogP contribution in [-0.4, -0.2) is 51.9 Å². The first-order valence-electron chi connectivity index (χ1n) is 13.8. The first-order valence-corrected chi connectivity index (χ1v) is 13.8. The van der Waals surface area contributed by atoms with Gasteiger partial charge in [0, 0.05) is 41.4 Å². The molecule has 2 aromatic carbocycles. The number of urea groups is 1. The SMILES string of the molecule is O=C(O)c1ccc2c(c1)CCN2C(=O)N1[C@@H]2CC[C@H]1CC(OCc1c(-c3ccccc3F)noc1C1CC1)C2. The fraction of sp³-hybridized carbons (Fsp3) is 0.433. The molecule has 2 amide bonds. The number of benzene rings is 2. The molecule has 9 heteroatoms. The number of halogens is 1. The van der Waals surface area contributed by atoms with Crippen LogP contribution in [0.25, 0.3) is 11.3 Å². The zero-order valence-corrected chi connectivity index (χ0v) is 21.5. The molecule has 1 unspecified atom stereocenters. The lowest BCUT2D eigenvalue weighted by Crippen LogP contribution is -2.53. The third-order valence-electron chi connectivity index (χ3n) is 8.72. The van der Waals surface area contributed by atoms with Crippen LogP contribution in [0.3, 0.4) is 0 Å². The van der Waals surface area contributed by atoms with Crippen molar-refractivity contribution >= 4 is 17.7 Å². The largest absolute Gasteiger partial charge is 0.478 e. The van der Waals surface area contributed by atoms with E-state index in [1.54, 1.807) is 41.3 Å². The summed E-state index contributed by atoms with van der Waals surface area (Å²) in [5.74, 6) is -0.161. The van der Waals surface area contributed by atoms with Crippen LogP contribution in [0.5, 0.6) is 0 Å². The maximum Gasteiger partial charge on any atom is 0.335 e. The molecule has 0 radical (unpaired) electrons. The Labute approximate surface area is 225 Å². The van der Waals surface area contributed by atoms with E-state index in [1.165, 1.54) is 6.07 Å². The average Bonchev–Trinajstić information content (AvgIpc) is 3.45. The van der Waals surface area contributed by atoms with Gasteiger partial charge in [0.25, 0.3) is 0 Å². The number of anilines is 1. The number of aromatic nitrogens is 1. The van der Waals surface area contributed by atoms with Crippen LogP contribution in [0.2, 0.25) is 0 Å². The highest BCUT2D eigenvalue weighted by atomic mass is 19.1. The standard InChI is InChI=1S/C30H30FN3O5/c31-25-4-2-1-3-23(25)27-24(28(39-32-27)17-5-6-17)16-38-22-14-20-8-9-21(15-22)34(20)30(37)33-12-11-18-13-19(29(35)36)7-10-26(18)33/h1-4,7,10,13,17,20-22H,5-6,8-9,11-12,14-16H2,(H,35,36)/t20-,21+,22?. The van der Waals surface area contributed by atoms with Crippen LogP contribution >= 0.6 is 0 Å². The Morgan fingerprint density at radius 3 is 2.56 bits per heavy atom. The molecule has 3 aromatic rings. The average molecular weight is 532 g/mol. The third kappa shape index (κ3) is 4.29. The molecule has 1 aromatic heterocycles. The quantitative estimate of drug-likeness (QED) is 0.435. The topological polar surface area (TPSA) is 96.1 Å². The van der Waals surface area contributed by atoms with Crippen molar-refractivity contribution in [3.05, 3.63) is 70.7 Å². The number of rotatable bonds is 6. The second-order valence-electron chi connectivity index (χ2n) is 11.2. The van der Waals surface area contributed by atoms with Crippen molar-refractivity contribution in [2.75, 3.05) is 11.4 Å². The first-order chi connectivity index (χ1) is 19.0. The highest BCUT2D eigenvalue weighted by molar-refractivity contribution is 5.96. The summed E-state index contributed by atoms with van der Waals surface area (Å²) in [6.45, 7) is 0.867. The van der Waals surface area contributed by atoms with Crippen LogP contribution in [-0.2, 0) is 17.8 Å². The Kier molecular flexibility index (Phi) is 5.91. The fourth-order valence-corrected chi connectivity index (χ4v) is 6.64. The Balaban J connectivity index is 1.05. The first kappa shape index (κ1) is 24.3. The third-order valence-corrected chi connectivity index (χ3v) is 8.72. The summed E-state index contributed by atoms with van der Waals surface area (Å²) < 4.78 is 26.7. The van der Waals surface area contributed by atoms with Gasteiger partial charge in [0.1, 0.15) is 17.3 Å². The van der Waals surface area contributed by atoms with Gasteiger partial charge in [0.15, 0.2) is 0 Å². The maximum absolute atomic E-state index is 14.6. The van der Waals surface area contributed by atoms with Gasteiger partial charge in [-0.3, -0.25) is 4.90 Å². The Morgan fingerprint density at radius 2 is 1.85 bits per heavy atom. The van der Waals surface area contributed by atoms with Crippen molar-refractivity contribution in [3.8, 4) is 11.3 Å². The number of carboxylic acids is 1. The number of hydrogen-bond donors (Lipinski definition) is 1. The zero-order valence-electron chi connectivity index (χ0n) is 21.5. The summed E-state index contributed by atoms with van der Waals surface area (Å²) in [6, 6.07) is 11.8. The van der Waals surface area contributed by atoms with Crippen molar-refractivity contribution in [2.45, 2.75) is 75.7 Å². The highest BCUT2D eigenvalue weighted by Gasteiger charge is 2.46. The predicted molar refractivity (Wildman–Crippen MR) is 140 cm³/mol. The summed E-state index contributed by atoms with van der Waals surface area (Å²) in [7, 11) is 0. The van der Waals surface area contributed by atoms with Gasteiger partial charge in [-0.05, 0) is 80.8 Å². The van der Waals surface area contributed by atoms with Crippen LogP contribution in [0.15, 0.2) is 47.0 Å². The molecule has 4 aliphatic rings. The molecule has 39 heavy (non-hydrogen) atoms. The van der Waals surface area contributed by atoms with E-state index in [2.05, 4.69) is 5.16 Å². The van der Waals surface area contributed by atoms with Crippen molar-refractivity contribution in [3.63, 3.8) is 0 Å². The summed E-state index contributed by atoms with van der Waals surface area (Å²) in [6.07, 6.45) is 6.11. The molecular formula is C30H30FN3O5. The highest BCUT2D eigenvalue weighted by Crippen LogP contribution is 2.45. The van der Waals surface area contributed by atoms with Crippen LogP contribution < -0.4 is 4.90 Å². The number of carbonyl (C=O) groups excluding carboxylic acids is 1. The van der Waals surface area contributed by atoms with Crippen molar-refractivity contribution < 1.29 is 28.3 Å². The van der Waals surface area contributed by atoms with Gasteiger partial charge in [-0.1, -0.05) is 17.3 Å². The number of aromatic carboxylic acids is 1. The molecule has 1 N–H and O–H groups in total. The van der Waals surface area contributed by atoms with Gasteiger partial charge in [-0.25, -0.2) is 14.0 Å². The van der Waals surface area contributed by atoms with Crippen LogP contribution in [0.1, 0.15) is 71.7 Å². The van der Waals surface area contributed by atoms with E-state index < -0.39 is 5.97 Å². The van der Waals surface area contributed by atoms with Crippen molar-refractivity contribution in [1.82, 2.24) is 10.1 Å². The number of hydrogen-bond acceptors (Lipinski definition) is 5. The minimum Gasteiger partial charge on any atom is -0.478 e.